The molecule has 0 aromatic heterocycles. The molecule has 0 amide bonds. The Labute approximate surface area is 136 Å². The SMILES string of the molecule is C=CCSCCNC(=NC)NCC1(c2ccccc2F)CC1. The Morgan fingerprint density at radius 1 is 1.41 bits per heavy atom. The van der Waals surface area contributed by atoms with Gasteiger partial charge in [-0.3, -0.25) is 4.99 Å². The molecule has 0 atom stereocenters. The number of halogens is 1. The van der Waals surface area contributed by atoms with Crippen LogP contribution in [0.15, 0.2) is 41.9 Å². The molecular formula is C17H24FN3S. The molecule has 1 aromatic carbocycles. The third-order valence-corrected chi connectivity index (χ3v) is 4.86. The molecule has 5 heteroatoms. The average molecular weight is 321 g/mol. The molecule has 0 bridgehead atoms. The van der Waals surface area contributed by atoms with E-state index in [1.165, 1.54) is 0 Å². The molecule has 0 saturated heterocycles. The van der Waals surface area contributed by atoms with Crippen LogP contribution in [0.25, 0.3) is 0 Å². The van der Waals surface area contributed by atoms with Gasteiger partial charge in [-0.05, 0) is 24.5 Å². The molecule has 0 aliphatic heterocycles. The van der Waals surface area contributed by atoms with Gasteiger partial charge in [0.05, 0.1) is 0 Å². The lowest BCUT2D eigenvalue weighted by Gasteiger charge is -2.19. The first kappa shape index (κ1) is 16.9. The molecule has 0 spiro atoms. The first-order chi connectivity index (χ1) is 10.7. The lowest BCUT2D eigenvalue weighted by molar-refractivity contribution is 0.560. The Morgan fingerprint density at radius 3 is 2.82 bits per heavy atom. The number of hydrogen-bond acceptors (Lipinski definition) is 2. The monoisotopic (exact) mass is 321 g/mol. The summed E-state index contributed by atoms with van der Waals surface area (Å²) in [6.45, 7) is 5.27. The van der Waals surface area contributed by atoms with E-state index in [1.54, 1.807) is 19.2 Å². The minimum Gasteiger partial charge on any atom is -0.356 e. The normalized spacial score (nSPS) is 16.2. The van der Waals surface area contributed by atoms with E-state index in [-0.39, 0.29) is 11.2 Å². The Morgan fingerprint density at radius 2 is 2.18 bits per heavy atom. The largest absolute Gasteiger partial charge is 0.356 e. The highest BCUT2D eigenvalue weighted by molar-refractivity contribution is 7.99. The van der Waals surface area contributed by atoms with E-state index in [1.807, 2.05) is 30.0 Å². The van der Waals surface area contributed by atoms with Crippen LogP contribution in [0.3, 0.4) is 0 Å². The number of nitrogens with one attached hydrogen (secondary N) is 2. The zero-order valence-electron chi connectivity index (χ0n) is 13.1. The van der Waals surface area contributed by atoms with Crippen molar-refractivity contribution < 1.29 is 4.39 Å². The molecule has 0 radical (unpaired) electrons. The predicted molar refractivity (Wildman–Crippen MR) is 94.2 cm³/mol. The van der Waals surface area contributed by atoms with Crippen molar-refractivity contribution >= 4 is 17.7 Å². The second-order valence-electron chi connectivity index (χ2n) is 5.48. The molecule has 1 saturated carbocycles. The van der Waals surface area contributed by atoms with Crippen LogP contribution >= 0.6 is 11.8 Å². The van der Waals surface area contributed by atoms with Gasteiger partial charge in [0.2, 0.25) is 0 Å². The zero-order valence-corrected chi connectivity index (χ0v) is 13.9. The van der Waals surface area contributed by atoms with Gasteiger partial charge in [0.25, 0.3) is 0 Å². The number of guanidine groups is 1. The van der Waals surface area contributed by atoms with E-state index in [0.717, 1.165) is 42.4 Å². The fourth-order valence-corrected chi connectivity index (χ4v) is 3.05. The summed E-state index contributed by atoms with van der Waals surface area (Å²) >= 11 is 1.83. The highest BCUT2D eigenvalue weighted by Gasteiger charge is 2.45. The maximum Gasteiger partial charge on any atom is 0.191 e. The fourth-order valence-electron chi connectivity index (χ4n) is 2.47. The predicted octanol–water partition coefficient (Wildman–Crippen LogP) is 2.94. The third kappa shape index (κ3) is 4.50. The lowest BCUT2D eigenvalue weighted by Crippen LogP contribution is -2.42. The zero-order chi connectivity index (χ0) is 15.8. The van der Waals surface area contributed by atoms with Crippen LogP contribution in [0.1, 0.15) is 18.4 Å². The lowest BCUT2D eigenvalue weighted by atomic mass is 9.95. The summed E-state index contributed by atoms with van der Waals surface area (Å²) in [5.41, 5.74) is 0.750. The number of nitrogens with zero attached hydrogens (tertiary/aromatic N) is 1. The Bertz CT molecular complexity index is 526. The van der Waals surface area contributed by atoms with Crippen LogP contribution in [-0.4, -0.2) is 37.6 Å². The molecule has 22 heavy (non-hydrogen) atoms. The smallest absolute Gasteiger partial charge is 0.191 e. The van der Waals surface area contributed by atoms with Crippen LogP contribution in [-0.2, 0) is 5.41 Å². The maximum absolute atomic E-state index is 14.0. The second-order valence-corrected chi connectivity index (χ2v) is 6.63. The number of benzene rings is 1. The van der Waals surface area contributed by atoms with Crippen molar-refractivity contribution in [1.82, 2.24) is 10.6 Å². The van der Waals surface area contributed by atoms with E-state index in [0.29, 0.717) is 6.54 Å². The molecule has 1 aliphatic rings. The van der Waals surface area contributed by atoms with Crippen LogP contribution in [0.2, 0.25) is 0 Å². The minimum absolute atomic E-state index is 0.0689. The highest BCUT2D eigenvalue weighted by Crippen LogP contribution is 2.48. The van der Waals surface area contributed by atoms with Gasteiger partial charge in [-0.15, -0.1) is 6.58 Å². The van der Waals surface area contributed by atoms with Gasteiger partial charge in [0.15, 0.2) is 5.96 Å². The summed E-state index contributed by atoms with van der Waals surface area (Å²) in [4.78, 5) is 4.22. The maximum atomic E-state index is 14.0. The standard InChI is InChI=1S/C17H24FN3S/c1-3-11-22-12-10-20-16(19-2)21-13-17(8-9-17)14-6-4-5-7-15(14)18/h3-7H,1,8-13H2,2H3,(H2,19,20,21). The molecule has 1 aliphatic carbocycles. The van der Waals surface area contributed by atoms with E-state index in [9.17, 15) is 4.39 Å². The molecule has 1 aromatic rings. The van der Waals surface area contributed by atoms with Gasteiger partial charge in [-0.1, -0.05) is 24.3 Å². The quantitative estimate of drug-likeness (QED) is 0.334. The molecule has 2 N–H and O–H groups in total. The van der Waals surface area contributed by atoms with Gasteiger partial charge in [-0.2, -0.15) is 11.8 Å². The van der Waals surface area contributed by atoms with Crippen molar-refractivity contribution in [2.75, 3.05) is 31.6 Å². The van der Waals surface area contributed by atoms with Crippen LogP contribution in [0.4, 0.5) is 4.39 Å². The molecular weight excluding hydrogens is 297 g/mol. The second kappa shape index (κ2) is 8.22. The van der Waals surface area contributed by atoms with E-state index >= 15 is 0 Å². The number of thioether (sulfide) groups is 1. The minimum atomic E-state index is -0.106. The highest BCUT2D eigenvalue weighted by atomic mass is 32.2. The number of aliphatic imine (C=N–C) groups is 1. The van der Waals surface area contributed by atoms with Gasteiger partial charge in [0, 0.05) is 37.1 Å². The van der Waals surface area contributed by atoms with Crippen molar-refractivity contribution in [3.8, 4) is 0 Å². The van der Waals surface area contributed by atoms with Gasteiger partial charge in [-0.25, -0.2) is 4.39 Å². The fraction of sp³-hybridized carbons (Fsp3) is 0.471. The molecule has 120 valence electrons. The van der Waals surface area contributed by atoms with Gasteiger partial charge >= 0.3 is 0 Å². The Balaban J connectivity index is 1.81. The van der Waals surface area contributed by atoms with Crippen molar-refractivity contribution in [2.45, 2.75) is 18.3 Å². The first-order valence-corrected chi connectivity index (χ1v) is 8.75. The molecule has 0 unspecified atom stereocenters. The van der Waals surface area contributed by atoms with Crippen molar-refractivity contribution in [2.24, 2.45) is 4.99 Å². The Hall–Kier alpha value is -1.49. The van der Waals surface area contributed by atoms with E-state index in [4.69, 9.17) is 0 Å². The first-order valence-electron chi connectivity index (χ1n) is 7.60. The third-order valence-electron chi connectivity index (χ3n) is 3.89. The van der Waals surface area contributed by atoms with E-state index < -0.39 is 0 Å². The van der Waals surface area contributed by atoms with Crippen molar-refractivity contribution in [3.05, 3.63) is 48.3 Å². The Kier molecular flexibility index (Phi) is 6.31. The van der Waals surface area contributed by atoms with E-state index in [2.05, 4.69) is 22.2 Å². The average Bonchev–Trinajstić information content (AvgIpc) is 3.31. The van der Waals surface area contributed by atoms with Crippen molar-refractivity contribution in [3.63, 3.8) is 0 Å². The molecule has 0 heterocycles. The van der Waals surface area contributed by atoms with Crippen LogP contribution in [0, 0.1) is 5.82 Å². The van der Waals surface area contributed by atoms with Gasteiger partial charge in [0.1, 0.15) is 5.82 Å². The number of hydrogen-bond donors (Lipinski definition) is 2. The van der Waals surface area contributed by atoms with Gasteiger partial charge < -0.3 is 10.6 Å². The number of rotatable bonds is 8. The summed E-state index contributed by atoms with van der Waals surface area (Å²) in [5.74, 6) is 2.64. The molecule has 2 rings (SSSR count). The summed E-state index contributed by atoms with van der Waals surface area (Å²) in [6, 6.07) is 7.08. The summed E-state index contributed by atoms with van der Waals surface area (Å²) in [6.07, 6.45) is 3.95. The summed E-state index contributed by atoms with van der Waals surface area (Å²) in [7, 11) is 1.76. The topological polar surface area (TPSA) is 36.4 Å². The van der Waals surface area contributed by atoms with Crippen molar-refractivity contribution in [1.29, 1.82) is 0 Å². The van der Waals surface area contributed by atoms with Crippen LogP contribution < -0.4 is 10.6 Å². The molecule has 3 nitrogen and oxygen atoms in total. The summed E-state index contributed by atoms with van der Waals surface area (Å²) in [5, 5.41) is 6.62. The molecule has 1 fully saturated rings. The van der Waals surface area contributed by atoms with Crippen LogP contribution in [0.5, 0.6) is 0 Å². The summed E-state index contributed by atoms with van der Waals surface area (Å²) < 4.78 is 14.0.